The maximum absolute atomic E-state index is 11.7. The van der Waals surface area contributed by atoms with Crippen molar-refractivity contribution in [2.24, 2.45) is 0 Å². The molecule has 0 aliphatic carbocycles. The molecule has 0 radical (unpaired) electrons. The molecule has 0 aromatic heterocycles. The predicted molar refractivity (Wildman–Crippen MR) is 143 cm³/mol. The Balaban J connectivity index is 4.64. The van der Waals surface area contributed by atoms with Gasteiger partial charge in [0.2, 0.25) is 0 Å². The number of aliphatic carboxylic acids is 1. The van der Waals surface area contributed by atoms with Gasteiger partial charge >= 0.3 is 5.97 Å². The van der Waals surface area contributed by atoms with Gasteiger partial charge in [-0.1, -0.05) is 118 Å². The van der Waals surface area contributed by atoms with Gasteiger partial charge in [0.1, 0.15) is 6.54 Å². The van der Waals surface area contributed by atoms with E-state index in [9.17, 15) is 9.90 Å². The van der Waals surface area contributed by atoms with Crippen molar-refractivity contribution in [1.82, 2.24) is 15.1 Å². The highest BCUT2D eigenvalue weighted by Gasteiger charge is 2.23. The molecule has 0 spiro atoms. The van der Waals surface area contributed by atoms with Crippen molar-refractivity contribution in [3.8, 4) is 0 Å². The molecule has 0 amide bonds. The van der Waals surface area contributed by atoms with Crippen LogP contribution in [-0.4, -0.2) is 58.9 Å². The van der Waals surface area contributed by atoms with Gasteiger partial charge in [0.15, 0.2) is 0 Å². The summed E-state index contributed by atoms with van der Waals surface area (Å²) in [4.78, 5) is 11.7. The van der Waals surface area contributed by atoms with Crippen molar-refractivity contribution in [1.29, 1.82) is 0 Å². The molecule has 0 aliphatic rings. The SMILES string of the molecule is CCCCCCCCCCN(CCC)N(CC(=O)O)N(CCC)CCCCCCCCCC. The predicted octanol–water partition coefficient (Wildman–Crippen LogP) is 7.91. The maximum atomic E-state index is 11.7. The molecule has 0 aromatic carbocycles. The number of rotatable bonds is 26. The Bertz CT molecular complexity index is 390. The van der Waals surface area contributed by atoms with Crippen molar-refractivity contribution >= 4 is 5.97 Å². The first-order valence-corrected chi connectivity index (χ1v) is 14.6. The molecule has 5 nitrogen and oxygen atoms in total. The van der Waals surface area contributed by atoms with Crippen molar-refractivity contribution in [3.05, 3.63) is 0 Å². The van der Waals surface area contributed by atoms with Gasteiger partial charge in [-0.2, -0.15) is 5.12 Å². The molecule has 5 heteroatoms. The van der Waals surface area contributed by atoms with E-state index in [1.807, 2.05) is 0 Å². The molecule has 0 heterocycles. The lowest BCUT2D eigenvalue weighted by atomic mass is 10.1. The fraction of sp³-hybridized carbons (Fsp3) is 0.964. The molecule has 0 aliphatic heterocycles. The van der Waals surface area contributed by atoms with Crippen LogP contribution < -0.4 is 0 Å². The quantitative estimate of drug-likeness (QED) is 0.103. The number of carbonyl (C=O) groups is 1. The largest absolute Gasteiger partial charge is 0.480 e. The second-order valence-electron chi connectivity index (χ2n) is 9.78. The standard InChI is InChI=1S/C28H59N3O2/c1-5-9-11-13-15-17-19-21-25-29(23-7-3)31(27-28(32)33)30(24-8-4)26-22-20-18-16-14-12-10-6-2/h5-27H2,1-4H3,(H,32,33). The first-order valence-electron chi connectivity index (χ1n) is 14.6. The third kappa shape index (κ3) is 19.4. The molecule has 0 aromatic rings. The summed E-state index contributed by atoms with van der Waals surface area (Å²) in [5.74, 6) is -0.732. The van der Waals surface area contributed by atoms with Gasteiger partial charge in [0, 0.05) is 26.2 Å². The number of carboxylic acids is 1. The van der Waals surface area contributed by atoms with E-state index in [0.717, 1.165) is 51.9 Å². The zero-order valence-electron chi connectivity index (χ0n) is 23.0. The normalized spacial score (nSPS) is 11.8. The minimum atomic E-state index is -0.732. The summed E-state index contributed by atoms with van der Waals surface area (Å²) in [6.07, 6.45) is 23.0. The van der Waals surface area contributed by atoms with Crippen LogP contribution in [0.5, 0.6) is 0 Å². The maximum Gasteiger partial charge on any atom is 0.320 e. The molecule has 1 N–H and O–H groups in total. The van der Waals surface area contributed by atoms with Crippen LogP contribution in [0.15, 0.2) is 0 Å². The number of nitrogens with zero attached hydrogens (tertiary/aromatic N) is 3. The summed E-state index contributed by atoms with van der Waals surface area (Å²) in [7, 11) is 0. The highest BCUT2D eigenvalue weighted by atomic mass is 16.4. The fourth-order valence-electron chi connectivity index (χ4n) is 4.56. The molecule has 0 saturated carbocycles. The van der Waals surface area contributed by atoms with Gasteiger partial charge in [-0.05, 0) is 25.7 Å². The van der Waals surface area contributed by atoms with Crippen LogP contribution in [0.1, 0.15) is 143 Å². The molecule has 0 atom stereocenters. The molecule has 33 heavy (non-hydrogen) atoms. The molecular weight excluding hydrogens is 410 g/mol. The summed E-state index contributed by atoms with van der Waals surface area (Å²) < 4.78 is 0. The minimum Gasteiger partial charge on any atom is -0.480 e. The lowest BCUT2D eigenvalue weighted by molar-refractivity contribution is -0.196. The Kier molecular flexibility index (Phi) is 24.0. The Morgan fingerprint density at radius 2 is 0.818 bits per heavy atom. The van der Waals surface area contributed by atoms with Crippen LogP contribution in [-0.2, 0) is 4.79 Å². The highest BCUT2D eigenvalue weighted by Crippen LogP contribution is 2.14. The molecule has 0 fully saturated rings. The minimum absolute atomic E-state index is 0.0774. The van der Waals surface area contributed by atoms with Crippen molar-refractivity contribution < 1.29 is 9.90 Å². The average molecular weight is 470 g/mol. The van der Waals surface area contributed by atoms with Gasteiger partial charge in [-0.15, -0.1) is 0 Å². The van der Waals surface area contributed by atoms with E-state index in [1.165, 1.54) is 89.9 Å². The molecule has 0 bridgehead atoms. The van der Waals surface area contributed by atoms with E-state index in [-0.39, 0.29) is 6.54 Å². The van der Waals surface area contributed by atoms with Crippen LogP contribution in [0.2, 0.25) is 0 Å². The molecular formula is C28H59N3O2. The summed E-state index contributed by atoms with van der Waals surface area (Å²) in [5.41, 5.74) is 0. The summed E-state index contributed by atoms with van der Waals surface area (Å²) >= 11 is 0. The monoisotopic (exact) mass is 469 g/mol. The van der Waals surface area contributed by atoms with E-state index in [1.54, 1.807) is 0 Å². The second kappa shape index (κ2) is 24.5. The lowest BCUT2D eigenvalue weighted by Crippen LogP contribution is -2.56. The topological polar surface area (TPSA) is 47.0 Å². The second-order valence-corrected chi connectivity index (χ2v) is 9.78. The average Bonchev–Trinajstić information content (AvgIpc) is 2.79. The van der Waals surface area contributed by atoms with Gasteiger partial charge in [-0.3, -0.25) is 4.79 Å². The third-order valence-corrected chi connectivity index (χ3v) is 6.43. The number of hydrogen-bond acceptors (Lipinski definition) is 4. The number of hydrazine groups is 2. The number of hydrogen-bond donors (Lipinski definition) is 1. The van der Waals surface area contributed by atoms with Crippen LogP contribution in [0.3, 0.4) is 0 Å². The van der Waals surface area contributed by atoms with E-state index < -0.39 is 5.97 Å². The van der Waals surface area contributed by atoms with Gasteiger partial charge in [-0.25, -0.2) is 10.0 Å². The smallest absolute Gasteiger partial charge is 0.320 e. The summed E-state index contributed by atoms with van der Waals surface area (Å²) in [5, 5.41) is 16.4. The van der Waals surface area contributed by atoms with Gasteiger partial charge < -0.3 is 5.11 Å². The molecule has 0 unspecified atom stereocenters. The lowest BCUT2D eigenvalue weighted by Gasteiger charge is -2.41. The van der Waals surface area contributed by atoms with Crippen LogP contribution in [0.25, 0.3) is 0 Å². The van der Waals surface area contributed by atoms with Crippen molar-refractivity contribution in [2.45, 2.75) is 143 Å². The van der Waals surface area contributed by atoms with E-state index >= 15 is 0 Å². The fourth-order valence-corrected chi connectivity index (χ4v) is 4.56. The summed E-state index contributed by atoms with van der Waals surface area (Å²) in [6, 6.07) is 0. The number of unbranched alkanes of at least 4 members (excludes halogenated alkanes) is 14. The Labute approximate surface area is 207 Å². The van der Waals surface area contributed by atoms with E-state index in [2.05, 4.69) is 42.8 Å². The first kappa shape index (κ1) is 32.4. The molecule has 0 saturated heterocycles. The van der Waals surface area contributed by atoms with Crippen molar-refractivity contribution in [2.75, 3.05) is 32.7 Å². The number of carboxylic acid groups (broad SMARTS) is 1. The van der Waals surface area contributed by atoms with Crippen LogP contribution >= 0.6 is 0 Å². The Morgan fingerprint density at radius 3 is 1.12 bits per heavy atom. The molecule has 198 valence electrons. The van der Waals surface area contributed by atoms with E-state index in [0.29, 0.717) is 0 Å². The zero-order chi connectivity index (χ0) is 24.6. The Hall–Kier alpha value is -0.650. The Morgan fingerprint density at radius 1 is 0.485 bits per heavy atom. The van der Waals surface area contributed by atoms with E-state index in [4.69, 9.17) is 0 Å². The highest BCUT2D eigenvalue weighted by molar-refractivity contribution is 5.68. The van der Waals surface area contributed by atoms with Crippen molar-refractivity contribution in [3.63, 3.8) is 0 Å². The zero-order valence-corrected chi connectivity index (χ0v) is 23.0. The van der Waals surface area contributed by atoms with Gasteiger partial charge in [0.05, 0.1) is 0 Å². The third-order valence-electron chi connectivity index (χ3n) is 6.43. The van der Waals surface area contributed by atoms with Crippen LogP contribution in [0.4, 0.5) is 0 Å². The van der Waals surface area contributed by atoms with Gasteiger partial charge in [0.25, 0.3) is 0 Å². The van der Waals surface area contributed by atoms with Crippen LogP contribution in [0, 0.1) is 0 Å². The summed E-state index contributed by atoms with van der Waals surface area (Å²) in [6.45, 7) is 12.8. The molecule has 0 rings (SSSR count). The first-order chi connectivity index (χ1) is 16.1.